The molecule has 0 saturated carbocycles. The summed E-state index contributed by atoms with van der Waals surface area (Å²) in [5.74, 6) is 0.641. The molecule has 2 heterocycles. The van der Waals surface area contributed by atoms with E-state index in [-0.39, 0.29) is 5.56 Å². The minimum atomic E-state index is -0.0550. The lowest BCUT2D eigenvalue weighted by Gasteiger charge is -1.93. The Labute approximate surface area is 75.0 Å². The number of hydrogen-bond acceptors (Lipinski definition) is 2. The number of nitrogens with one attached hydrogen (secondary N) is 2. The van der Waals surface area contributed by atoms with E-state index in [1.54, 1.807) is 6.92 Å². The van der Waals surface area contributed by atoms with Crippen LogP contribution in [0.25, 0.3) is 11.0 Å². The van der Waals surface area contributed by atoms with Crippen molar-refractivity contribution in [2.24, 2.45) is 0 Å². The first-order chi connectivity index (χ1) is 6.22. The fourth-order valence-electron chi connectivity index (χ4n) is 1.49. The summed E-state index contributed by atoms with van der Waals surface area (Å²) in [6.45, 7) is 3.79. The van der Waals surface area contributed by atoms with Gasteiger partial charge in [0.2, 0.25) is 0 Å². The molecule has 2 aromatic rings. The van der Waals surface area contributed by atoms with Gasteiger partial charge in [-0.3, -0.25) is 4.79 Å². The van der Waals surface area contributed by atoms with Crippen LogP contribution in [0.5, 0.6) is 0 Å². The van der Waals surface area contributed by atoms with Gasteiger partial charge in [0.1, 0.15) is 11.5 Å². The van der Waals surface area contributed by atoms with Gasteiger partial charge in [-0.15, -0.1) is 0 Å². The van der Waals surface area contributed by atoms with Crippen LogP contribution < -0.4 is 5.56 Å². The smallest absolute Gasteiger partial charge is 0.260 e. The molecule has 2 aromatic heterocycles. The second-order valence-electron chi connectivity index (χ2n) is 3.04. The van der Waals surface area contributed by atoms with Crippen LogP contribution in [0.2, 0.25) is 0 Å². The highest BCUT2D eigenvalue weighted by Crippen LogP contribution is 2.11. The summed E-state index contributed by atoms with van der Waals surface area (Å²) in [4.78, 5) is 21.4. The third kappa shape index (κ3) is 1.14. The number of nitrogens with zero attached hydrogens (tertiary/aromatic N) is 1. The molecule has 0 spiro atoms. The summed E-state index contributed by atoms with van der Waals surface area (Å²) in [6, 6.07) is 0. The second-order valence-corrected chi connectivity index (χ2v) is 3.04. The van der Waals surface area contributed by atoms with Crippen molar-refractivity contribution in [1.82, 2.24) is 15.0 Å². The maximum atomic E-state index is 11.5. The van der Waals surface area contributed by atoms with E-state index < -0.39 is 0 Å². The molecule has 0 aliphatic heterocycles. The zero-order valence-electron chi connectivity index (χ0n) is 7.64. The van der Waals surface area contributed by atoms with Gasteiger partial charge in [-0.05, 0) is 18.9 Å². The number of aromatic nitrogens is 3. The van der Waals surface area contributed by atoms with Crippen LogP contribution in [0.3, 0.4) is 0 Å². The third-order valence-electron chi connectivity index (χ3n) is 2.12. The molecule has 0 unspecified atom stereocenters. The molecule has 0 atom stereocenters. The predicted octanol–water partition coefficient (Wildman–Crippen LogP) is 1.12. The van der Waals surface area contributed by atoms with E-state index >= 15 is 0 Å². The van der Waals surface area contributed by atoms with Gasteiger partial charge in [0, 0.05) is 6.20 Å². The van der Waals surface area contributed by atoms with Crippen LogP contribution in [0.1, 0.15) is 18.3 Å². The first-order valence-electron chi connectivity index (χ1n) is 4.29. The minimum Gasteiger partial charge on any atom is -0.346 e. The highest BCUT2D eigenvalue weighted by molar-refractivity contribution is 5.78. The number of H-pyrrole nitrogens is 2. The van der Waals surface area contributed by atoms with E-state index in [4.69, 9.17) is 0 Å². The summed E-state index contributed by atoms with van der Waals surface area (Å²) in [6.07, 6.45) is 2.68. The molecule has 0 aliphatic carbocycles. The average Bonchev–Trinajstić information content (AvgIpc) is 2.47. The lowest BCUT2D eigenvalue weighted by atomic mass is 10.2. The van der Waals surface area contributed by atoms with Crippen LogP contribution in [-0.4, -0.2) is 15.0 Å². The summed E-state index contributed by atoms with van der Waals surface area (Å²) >= 11 is 0. The van der Waals surface area contributed by atoms with Crippen molar-refractivity contribution in [2.75, 3.05) is 0 Å². The Kier molecular flexibility index (Phi) is 1.69. The van der Waals surface area contributed by atoms with Crippen molar-refractivity contribution in [3.63, 3.8) is 0 Å². The maximum Gasteiger partial charge on any atom is 0.260 e. The lowest BCUT2D eigenvalue weighted by molar-refractivity contribution is 1.05. The second kappa shape index (κ2) is 2.73. The fraction of sp³-hybridized carbons (Fsp3) is 0.333. The Hall–Kier alpha value is -1.58. The Morgan fingerprint density at radius 1 is 1.54 bits per heavy atom. The van der Waals surface area contributed by atoms with E-state index in [1.807, 2.05) is 13.1 Å². The summed E-state index contributed by atoms with van der Waals surface area (Å²) in [5, 5.41) is 0.688. The molecule has 13 heavy (non-hydrogen) atoms. The molecule has 0 radical (unpaired) electrons. The van der Waals surface area contributed by atoms with E-state index in [2.05, 4.69) is 15.0 Å². The first-order valence-corrected chi connectivity index (χ1v) is 4.29. The number of aromatic amines is 2. The van der Waals surface area contributed by atoms with Gasteiger partial charge in [-0.1, -0.05) is 6.92 Å². The van der Waals surface area contributed by atoms with Crippen LogP contribution in [-0.2, 0) is 6.42 Å². The van der Waals surface area contributed by atoms with Crippen LogP contribution in [0.15, 0.2) is 11.0 Å². The molecule has 4 nitrogen and oxygen atoms in total. The largest absolute Gasteiger partial charge is 0.346 e. The zero-order chi connectivity index (χ0) is 9.42. The van der Waals surface area contributed by atoms with Crippen molar-refractivity contribution in [1.29, 1.82) is 0 Å². The molecule has 0 fully saturated rings. The fourth-order valence-corrected chi connectivity index (χ4v) is 1.49. The number of rotatable bonds is 1. The van der Waals surface area contributed by atoms with Crippen molar-refractivity contribution in [2.45, 2.75) is 20.3 Å². The average molecular weight is 177 g/mol. The quantitative estimate of drug-likeness (QED) is 0.685. The van der Waals surface area contributed by atoms with Crippen molar-refractivity contribution in [3.8, 4) is 0 Å². The monoisotopic (exact) mass is 177 g/mol. The Bertz CT molecular complexity index is 495. The van der Waals surface area contributed by atoms with Gasteiger partial charge in [0.25, 0.3) is 5.56 Å². The molecule has 68 valence electrons. The predicted molar refractivity (Wildman–Crippen MR) is 50.8 cm³/mol. The minimum absolute atomic E-state index is 0.0550. The summed E-state index contributed by atoms with van der Waals surface area (Å²) in [5.41, 5.74) is 1.64. The van der Waals surface area contributed by atoms with Crippen molar-refractivity contribution >= 4 is 11.0 Å². The van der Waals surface area contributed by atoms with Gasteiger partial charge in [0.05, 0.1) is 5.39 Å². The molecule has 0 aliphatic rings. The zero-order valence-corrected chi connectivity index (χ0v) is 7.64. The molecular formula is C9H11N3O. The van der Waals surface area contributed by atoms with Crippen LogP contribution >= 0.6 is 0 Å². The van der Waals surface area contributed by atoms with Crippen LogP contribution in [0, 0.1) is 6.92 Å². The van der Waals surface area contributed by atoms with E-state index in [9.17, 15) is 4.79 Å². The highest BCUT2D eigenvalue weighted by atomic mass is 16.1. The molecule has 2 rings (SSSR count). The summed E-state index contributed by atoms with van der Waals surface area (Å²) < 4.78 is 0. The van der Waals surface area contributed by atoms with Crippen molar-refractivity contribution in [3.05, 3.63) is 27.9 Å². The Morgan fingerprint density at radius 2 is 2.31 bits per heavy atom. The molecule has 4 heteroatoms. The number of aryl methyl sites for hydroxylation is 2. The molecule has 0 amide bonds. The lowest BCUT2D eigenvalue weighted by Crippen LogP contribution is -2.09. The van der Waals surface area contributed by atoms with Gasteiger partial charge in [0.15, 0.2) is 0 Å². The van der Waals surface area contributed by atoms with Gasteiger partial charge < -0.3 is 9.97 Å². The normalized spacial score (nSPS) is 10.9. The van der Waals surface area contributed by atoms with Crippen molar-refractivity contribution < 1.29 is 0 Å². The first kappa shape index (κ1) is 8.04. The van der Waals surface area contributed by atoms with E-state index in [1.165, 1.54) is 0 Å². The molecule has 2 N–H and O–H groups in total. The van der Waals surface area contributed by atoms with Gasteiger partial charge in [-0.25, -0.2) is 4.98 Å². The summed E-state index contributed by atoms with van der Waals surface area (Å²) in [7, 11) is 0. The molecule has 0 bridgehead atoms. The SMILES string of the molecule is CCc1c[nH]c2nc(C)[nH]c(=O)c12. The Morgan fingerprint density at radius 3 is 3.00 bits per heavy atom. The number of hydrogen-bond donors (Lipinski definition) is 2. The highest BCUT2D eigenvalue weighted by Gasteiger charge is 2.07. The topological polar surface area (TPSA) is 61.5 Å². The van der Waals surface area contributed by atoms with Crippen LogP contribution in [0.4, 0.5) is 0 Å². The molecule has 0 aromatic carbocycles. The Balaban J connectivity index is 2.90. The molecule has 0 saturated heterocycles. The maximum absolute atomic E-state index is 11.5. The van der Waals surface area contributed by atoms with E-state index in [0.717, 1.165) is 12.0 Å². The third-order valence-corrected chi connectivity index (χ3v) is 2.12. The van der Waals surface area contributed by atoms with E-state index in [0.29, 0.717) is 16.9 Å². The number of fused-ring (bicyclic) bond motifs is 1. The standard InChI is InChI=1S/C9H11N3O/c1-3-6-4-10-8-7(6)9(13)12-5(2)11-8/h4H,3H2,1-2H3,(H2,10,11,12,13). The molecular weight excluding hydrogens is 166 g/mol. The van der Waals surface area contributed by atoms with Gasteiger partial charge >= 0.3 is 0 Å². The van der Waals surface area contributed by atoms with Gasteiger partial charge in [-0.2, -0.15) is 0 Å².